The molecule has 0 amide bonds. The lowest BCUT2D eigenvalue weighted by Gasteiger charge is -2.10. The number of hydrogen-bond acceptors (Lipinski definition) is 6. The summed E-state index contributed by atoms with van der Waals surface area (Å²) in [5, 5.41) is 3.23. The molecule has 0 atom stereocenters. The maximum absolute atomic E-state index is 11.7. The summed E-state index contributed by atoms with van der Waals surface area (Å²) in [6.07, 6.45) is 0. The molecule has 0 unspecified atom stereocenters. The standard InChI is InChI=1S/C24H20N4O2/c1-16(29)17-6-5-7-18(14-17)22-15-23(28-24(25)27-22)26-19-10-12-21(13-11-19)30-20-8-3-2-4-9-20/h2-15H,1H3,(H3,25,26,27,28). The summed E-state index contributed by atoms with van der Waals surface area (Å²) in [5.74, 6) is 2.21. The highest BCUT2D eigenvalue weighted by molar-refractivity contribution is 5.95. The lowest BCUT2D eigenvalue weighted by molar-refractivity contribution is 0.101. The normalized spacial score (nSPS) is 10.4. The minimum absolute atomic E-state index is 0.00459. The number of nitrogens with zero attached hydrogens (tertiary/aromatic N) is 2. The van der Waals surface area contributed by atoms with Gasteiger partial charge in [0, 0.05) is 22.9 Å². The van der Waals surface area contributed by atoms with Gasteiger partial charge in [-0.25, -0.2) is 4.98 Å². The van der Waals surface area contributed by atoms with Crippen LogP contribution in [0, 0.1) is 0 Å². The quantitative estimate of drug-likeness (QED) is 0.420. The molecule has 0 bridgehead atoms. The zero-order chi connectivity index (χ0) is 20.9. The number of anilines is 3. The second kappa shape index (κ2) is 8.45. The van der Waals surface area contributed by atoms with Crippen LogP contribution in [0.2, 0.25) is 0 Å². The third-order valence-corrected chi connectivity index (χ3v) is 4.41. The van der Waals surface area contributed by atoms with Crippen LogP contribution in [0.25, 0.3) is 11.3 Å². The zero-order valence-electron chi connectivity index (χ0n) is 16.4. The molecule has 1 heterocycles. The zero-order valence-corrected chi connectivity index (χ0v) is 16.4. The topological polar surface area (TPSA) is 90.1 Å². The maximum Gasteiger partial charge on any atom is 0.222 e. The van der Waals surface area contributed by atoms with E-state index in [4.69, 9.17) is 10.5 Å². The van der Waals surface area contributed by atoms with Gasteiger partial charge in [-0.2, -0.15) is 4.98 Å². The fourth-order valence-corrected chi connectivity index (χ4v) is 2.95. The first kappa shape index (κ1) is 19.1. The molecule has 1 aromatic heterocycles. The fraction of sp³-hybridized carbons (Fsp3) is 0.0417. The number of ketones is 1. The molecular formula is C24H20N4O2. The van der Waals surface area contributed by atoms with Crippen molar-refractivity contribution in [1.29, 1.82) is 0 Å². The van der Waals surface area contributed by atoms with Crippen LogP contribution in [0.15, 0.2) is 84.9 Å². The minimum Gasteiger partial charge on any atom is -0.457 e. The molecule has 0 saturated carbocycles. The van der Waals surface area contributed by atoms with Crippen LogP contribution >= 0.6 is 0 Å². The molecule has 0 aliphatic rings. The van der Waals surface area contributed by atoms with E-state index in [-0.39, 0.29) is 11.7 Å². The van der Waals surface area contributed by atoms with Crippen molar-refractivity contribution in [3.8, 4) is 22.8 Å². The van der Waals surface area contributed by atoms with Gasteiger partial charge < -0.3 is 15.8 Å². The molecule has 0 radical (unpaired) electrons. The number of hydrogen-bond donors (Lipinski definition) is 2. The van der Waals surface area contributed by atoms with E-state index in [9.17, 15) is 4.79 Å². The molecule has 3 N–H and O–H groups in total. The number of benzene rings is 3. The SMILES string of the molecule is CC(=O)c1cccc(-c2cc(Nc3ccc(Oc4ccccc4)cc3)nc(N)n2)c1. The van der Waals surface area contributed by atoms with E-state index < -0.39 is 0 Å². The van der Waals surface area contributed by atoms with Crippen LogP contribution in [-0.4, -0.2) is 15.8 Å². The number of rotatable bonds is 6. The Bertz CT molecular complexity index is 1180. The first-order chi connectivity index (χ1) is 14.6. The Morgan fingerprint density at radius 2 is 1.60 bits per heavy atom. The summed E-state index contributed by atoms with van der Waals surface area (Å²) in [5.41, 5.74) is 8.79. The maximum atomic E-state index is 11.7. The van der Waals surface area contributed by atoms with E-state index in [1.54, 1.807) is 18.2 Å². The van der Waals surface area contributed by atoms with Gasteiger partial charge in [0.25, 0.3) is 0 Å². The summed E-state index contributed by atoms with van der Waals surface area (Å²) >= 11 is 0. The number of ether oxygens (including phenoxy) is 1. The average Bonchev–Trinajstić information content (AvgIpc) is 2.75. The number of Topliss-reactive ketones (excluding diaryl/α,β-unsaturated/α-hetero) is 1. The highest BCUT2D eigenvalue weighted by Gasteiger charge is 2.08. The van der Waals surface area contributed by atoms with Crippen molar-refractivity contribution in [3.63, 3.8) is 0 Å². The second-order valence-electron chi connectivity index (χ2n) is 6.70. The molecule has 0 fully saturated rings. The van der Waals surface area contributed by atoms with Gasteiger partial charge in [-0.05, 0) is 49.4 Å². The van der Waals surface area contributed by atoms with Gasteiger partial charge in [0.15, 0.2) is 5.78 Å². The van der Waals surface area contributed by atoms with E-state index in [2.05, 4.69) is 15.3 Å². The third kappa shape index (κ3) is 4.62. The Kier molecular flexibility index (Phi) is 5.39. The molecule has 3 aromatic carbocycles. The summed E-state index contributed by atoms with van der Waals surface area (Å²) in [6.45, 7) is 1.53. The molecule has 0 aliphatic heterocycles. The van der Waals surface area contributed by atoms with Gasteiger partial charge in [-0.3, -0.25) is 4.79 Å². The van der Waals surface area contributed by atoms with E-state index in [1.807, 2.05) is 66.7 Å². The molecule has 6 heteroatoms. The van der Waals surface area contributed by atoms with Crippen LogP contribution in [0.5, 0.6) is 11.5 Å². The van der Waals surface area contributed by atoms with Gasteiger partial charge in [0.2, 0.25) is 5.95 Å². The van der Waals surface area contributed by atoms with Crippen LogP contribution < -0.4 is 15.8 Å². The fourth-order valence-electron chi connectivity index (χ4n) is 2.95. The number of para-hydroxylation sites is 1. The minimum atomic E-state index is -0.00459. The summed E-state index contributed by atoms with van der Waals surface area (Å²) < 4.78 is 5.81. The molecule has 4 rings (SSSR count). The predicted octanol–water partition coefficient (Wildman–Crippen LogP) is 5.46. The molecular weight excluding hydrogens is 376 g/mol. The molecule has 0 aliphatic carbocycles. The highest BCUT2D eigenvalue weighted by Crippen LogP contribution is 2.26. The van der Waals surface area contributed by atoms with Gasteiger partial charge in [-0.1, -0.05) is 36.4 Å². The van der Waals surface area contributed by atoms with E-state index in [0.29, 0.717) is 17.1 Å². The average molecular weight is 396 g/mol. The van der Waals surface area contributed by atoms with E-state index >= 15 is 0 Å². The number of aromatic nitrogens is 2. The van der Waals surface area contributed by atoms with Crippen molar-refractivity contribution in [3.05, 3.63) is 90.5 Å². The first-order valence-electron chi connectivity index (χ1n) is 9.43. The van der Waals surface area contributed by atoms with Crippen molar-refractivity contribution >= 4 is 23.2 Å². The van der Waals surface area contributed by atoms with Crippen molar-refractivity contribution in [2.24, 2.45) is 0 Å². The van der Waals surface area contributed by atoms with Gasteiger partial charge in [0.05, 0.1) is 5.69 Å². The Morgan fingerprint density at radius 1 is 0.867 bits per heavy atom. The molecule has 0 saturated heterocycles. The monoisotopic (exact) mass is 396 g/mol. The first-order valence-corrected chi connectivity index (χ1v) is 9.43. The number of nitrogens with one attached hydrogen (secondary N) is 1. The van der Waals surface area contributed by atoms with Crippen LogP contribution in [0.4, 0.5) is 17.5 Å². The second-order valence-corrected chi connectivity index (χ2v) is 6.70. The number of nitrogen functional groups attached to an aromatic ring is 1. The van der Waals surface area contributed by atoms with E-state index in [0.717, 1.165) is 22.7 Å². The van der Waals surface area contributed by atoms with Gasteiger partial charge >= 0.3 is 0 Å². The summed E-state index contributed by atoms with van der Waals surface area (Å²) in [4.78, 5) is 20.2. The van der Waals surface area contributed by atoms with E-state index in [1.165, 1.54) is 6.92 Å². The Balaban J connectivity index is 1.54. The molecule has 0 spiro atoms. The van der Waals surface area contributed by atoms with Crippen molar-refractivity contribution in [1.82, 2.24) is 9.97 Å². The third-order valence-electron chi connectivity index (χ3n) is 4.41. The van der Waals surface area contributed by atoms with Gasteiger partial charge in [-0.15, -0.1) is 0 Å². The Hall–Kier alpha value is -4.19. The van der Waals surface area contributed by atoms with Crippen LogP contribution in [-0.2, 0) is 0 Å². The molecule has 6 nitrogen and oxygen atoms in total. The number of carbonyl (C=O) groups excluding carboxylic acids is 1. The lowest BCUT2D eigenvalue weighted by Crippen LogP contribution is -2.02. The Morgan fingerprint density at radius 3 is 2.33 bits per heavy atom. The summed E-state index contributed by atoms with van der Waals surface area (Å²) in [7, 11) is 0. The lowest BCUT2D eigenvalue weighted by atomic mass is 10.1. The molecule has 30 heavy (non-hydrogen) atoms. The largest absolute Gasteiger partial charge is 0.457 e. The van der Waals surface area contributed by atoms with Crippen molar-refractivity contribution < 1.29 is 9.53 Å². The van der Waals surface area contributed by atoms with Gasteiger partial charge in [0.1, 0.15) is 17.3 Å². The van der Waals surface area contributed by atoms with Crippen molar-refractivity contribution in [2.75, 3.05) is 11.1 Å². The Labute approximate surface area is 174 Å². The summed E-state index contributed by atoms with van der Waals surface area (Å²) in [6, 6.07) is 26.2. The highest BCUT2D eigenvalue weighted by atomic mass is 16.5. The van der Waals surface area contributed by atoms with Crippen molar-refractivity contribution in [2.45, 2.75) is 6.92 Å². The smallest absolute Gasteiger partial charge is 0.222 e. The number of carbonyl (C=O) groups is 1. The van der Waals surface area contributed by atoms with Crippen LogP contribution in [0.1, 0.15) is 17.3 Å². The number of nitrogens with two attached hydrogens (primary N) is 1. The molecule has 4 aromatic rings. The van der Waals surface area contributed by atoms with Crippen LogP contribution in [0.3, 0.4) is 0 Å². The predicted molar refractivity (Wildman–Crippen MR) is 118 cm³/mol. The molecule has 148 valence electrons.